The van der Waals surface area contributed by atoms with Crippen molar-refractivity contribution in [2.24, 2.45) is 0 Å². The summed E-state index contributed by atoms with van der Waals surface area (Å²) in [5.41, 5.74) is 0.454. The van der Waals surface area contributed by atoms with Crippen LogP contribution in [0.1, 0.15) is 25.3 Å². The Labute approximate surface area is 108 Å². The van der Waals surface area contributed by atoms with Crippen molar-refractivity contribution in [2.75, 3.05) is 13.1 Å². The molecule has 96 valence electrons. The molecule has 2 rings (SSSR count). The first kappa shape index (κ1) is 12.8. The molecule has 0 radical (unpaired) electrons. The molecule has 0 aromatic heterocycles. The van der Waals surface area contributed by atoms with Crippen LogP contribution in [-0.2, 0) is 4.79 Å². The monoisotopic (exact) mass is 245 g/mol. The number of benzene rings is 1. The van der Waals surface area contributed by atoms with Gasteiger partial charge in [-0.1, -0.05) is 42.5 Å². The van der Waals surface area contributed by atoms with Crippen molar-refractivity contribution in [1.82, 2.24) is 4.90 Å². The zero-order valence-corrected chi connectivity index (χ0v) is 10.7. The van der Waals surface area contributed by atoms with Gasteiger partial charge in [0.05, 0.1) is 0 Å². The van der Waals surface area contributed by atoms with Gasteiger partial charge in [0.15, 0.2) is 0 Å². The van der Waals surface area contributed by atoms with Crippen LogP contribution in [0.2, 0.25) is 0 Å². The van der Waals surface area contributed by atoms with E-state index in [2.05, 4.69) is 0 Å². The Morgan fingerprint density at radius 2 is 2.17 bits per heavy atom. The number of rotatable bonds is 4. The molecular formula is C15H19NO2. The molecule has 1 aromatic rings. The number of likely N-dealkylation sites (tertiary alicyclic amines) is 1. The zero-order chi connectivity index (χ0) is 13.0. The molecule has 3 heteroatoms. The Balaban J connectivity index is 1.98. The maximum absolute atomic E-state index is 11.3. The predicted octanol–water partition coefficient (Wildman–Crippen LogP) is 2.64. The minimum Gasteiger partial charge on any atom is -0.480 e. The molecular weight excluding hydrogens is 226 g/mol. The largest absolute Gasteiger partial charge is 0.480 e. The van der Waals surface area contributed by atoms with Crippen LogP contribution in [-0.4, -0.2) is 34.6 Å². The summed E-state index contributed by atoms with van der Waals surface area (Å²) in [5, 5.41) is 9.29. The fourth-order valence-electron chi connectivity index (χ4n) is 2.43. The van der Waals surface area contributed by atoms with Crippen LogP contribution < -0.4 is 0 Å². The third-order valence-corrected chi connectivity index (χ3v) is 3.69. The zero-order valence-electron chi connectivity index (χ0n) is 10.7. The fourth-order valence-corrected chi connectivity index (χ4v) is 2.43. The Hall–Kier alpha value is -1.61. The molecule has 1 atom stereocenters. The van der Waals surface area contributed by atoms with Gasteiger partial charge in [-0.3, -0.25) is 9.69 Å². The summed E-state index contributed by atoms with van der Waals surface area (Å²) >= 11 is 0. The van der Waals surface area contributed by atoms with E-state index >= 15 is 0 Å². The molecule has 1 fully saturated rings. The SMILES string of the molecule is CC1(C(=O)O)CCCN1CC=Cc1ccccc1. The predicted molar refractivity (Wildman–Crippen MR) is 72.3 cm³/mol. The van der Waals surface area contributed by atoms with Crippen LogP contribution in [0.5, 0.6) is 0 Å². The highest BCUT2D eigenvalue weighted by atomic mass is 16.4. The van der Waals surface area contributed by atoms with E-state index in [-0.39, 0.29) is 0 Å². The van der Waals surface area contributed by atoms with Crippen LogP contribution >= 0.6 is 0 Å². The molecule has 1 unspecified atom stereocenters. The minimum absolute atomic E-state index is 0.692. The highest BCUT2D eigenvalue weighted by molar-refractivity contribution is 5.78. The molecule has 1 aromatic carbocycles. The summed E-state index contributed by atoms with van der Waals surface area (Å²) in [6.45, 7) is 3.37. The molecule has 0 spiro atoms. The number of nitrogens with zero attached hydrogens (tertiary/aromatic N) is 1. The Bertz CT molecular complexity index is 441. The lowest BCUT2D eigenvalue weighted by Crippen LogP contribution is -2.47. The first-order valence-corrected chi connectivity index (χ1v) is 6.33. The lowest BCUT2D eigenvalue weighted by molar-refractivity contribution is -0.148. The van der Waals surface area contributed by atoms with Crippen molar-refractivity contribution in [3.63, 3.8) is 0 Å². The van der Waals surface area contributed by atoms with E-state index in [4.69, 9.17) is 0 Å². The number of carboxylic acids is 1. The maximum Gasteiger partial charge on any atom is 0.323 e. The summed E-state index contributed by atoms with van der Waals surface area (Å²) in [4.78, 5) is 13.3. The lowest BCUT2D eigenvalue weighted by Gasteiger charge is -2.29. The lowest BCUT2D eigenvalue weighted by atomic mass is 9.99. The fraction of sp³-hybridized carbons (Fsp3) is 0.400. The summed E-state index contributed by atoms with van der Waals surface area (Å²) in [6.07, 6.45) is 5.78. The third kappa shape index (κ3) is 2.62. The first-order valence-electron chi connectivity index (χ1n) is 6.33. The molecule has 0 aliphatic carbocycles. The first-order chi connectivity index (χ1) is 8.63. The molecule has 1 saturated heterocycles. The molecule has 1 heterocycles. The molecule has 18 heavy (non-hydrogen) atoms. The van der Waals surface area contributed by atoms with Crippen LogP contribution in [0, 0.1) is 0 Å². The van der Waals surface area contributed by atoms with E-state index < -0.39 is 11.5 Å². The van der Waals surface area contributed by atoms with E-state index in [0.29, 0.717) is 6.54 Å². The van der Waals surface area contributed by atoms with Crippen LogP contribution in [0.25, 0.3) is 6.08 Å². The van der Waals surface area contributed by atoms with Crippen molar-refractivity contribution in [2.45, 2.75) is 25.3 Å². The second kappa shape index (κ2) is 5.36. The third-order valence-electron chi connectivity index (χ3n) is 3.69. The smallest absolute Gasteiger partial charge is 0.323 e. The van der Waals surface area contributed by atoms with E-state index in [1.54, 1.807) is 0 Å². The van der Waals surface area contributed by atoms with Gasteiger partial charge in [-0.05, 0) is 31.9 Å². The normalized spacial score (nSPS) is 24.7. The van der Waals surface area contributed by atoms with E-state index in [0.717, 1.165) is 24.9 Å². The van der Waals surface area contributed by atoms with Gasteiger partial charge in [-0.25, -0.2) is 0 Å². The average molecular weight is 245 g/mol. The number of hydrogen-bond acceptors (Lipinski definition) is 2. The Morgan fingerprint density at radius 3 is 2.83 bits per heavy atom. The summed E-state index contributed by atoms with van der Waals surface area (Å²) < 4.78 is 0. The molecule has 3 nitrogen and oxygen atoms in total. The number of hydrogen-bond donors (Lipinski definition) is 1. The second-order valence-corrected chi connectivity index (χ2v) is 4.94. The molecule has 1 aliphatic heterocycles. The van der Waals surface area contributed by atoms with Gasteiger partial charge in [0.1, 0.15) is 5.54 Å². The van der Waals surface area contributed by atoms with E-state index in [1.807, 2.05) is 54.3 Å². The van der Waals surface area contributed by atoms with Crippen molar-refractivity contribution in [3.05, 3.63) is 42.0 Å². The summed E-state index contributed by atoms with van der Waals surface area (Å²) in [7, 11) is 0. The molecule has 0 saturated carbocycles. The number of aliphatic carboxylic acids is 1. The van der Waals surface area contributed by atoms with Crippen molar-refractivity contribution >= 4 is 12.0 Å². The van der Waals surface area contributed by atoms with Gasteiger partial charge in [0, 0.05) is 6.54 Å². The van der Waals surface area contributed by atoms with Gasteiger partial charge in [0.25, 0.3) is 0 Å². The molecule has 0 amide bonds. The van der Waals surface area contributed by atoms with Crippen molar-refractivity contribution < 1.29 is 9.90 Å². The van der Waals surface area contributed by atoms with Crippen LogP contribution in [0.3, 0.4) is 0 Å². The topological polar surface area (TPSA) is 40.5 Å². The second-order valence-electron chi connectivity index (χ2n) is 4.94. The molecule has 0 bridgehead atoms. The summed E-state index contributed by atoms with van der Waals surface area (Å²) in [6, 6.07) is 10.1. The quantitative estimate of drug-likeness (QED) is 0.886. The Kier molecular flexibility index (Phi) is 3.82. The van der Waals surface area contributed by atoms with Crippen LogP contribution in [0.4, 0.5) is 0 Å². The van der Waals surface area contributed by atoms with Gasteiger partial charge < -0.3 is 5.11 Å². The standard InChI is InChI=1S/C15H19NO2/c1-15(14(17)18)10-6-12-16(15)11-5-9-13-7-3-2-4-8-13/h2-5,7-9H,6,10-12H2,1H3,(H,17,18). The highest BCUT2D eigenvalue weighted by Gasteiger charge is 2.42. The van der Waals surface area contributed by atoms with Gasteiger partial charge in [-0.2, -0.15) is 0 Å². The van der Waals surface area contributed by atoms with Gasteiger partial charge >= 0.3 is 5.97 Å². The molecule has 1 N–H and O–H groups in total. The minimum atomic E-state index is -0.715. The average Bonchev–Trinajstić information content (AvgIpc) is 2.74. The van der Waals surface area contributed by atoms with Gasteiger partial charge in [-0.15, -0.1) is 0 Å². The molecule has 1 aliphatic rings. The Morgan fingerprint density at radius 1 is 1.44 bits per heavy atom. The number of carbonyl (C=O) groups is 1. The van der Waals surface area contributed by atoms with Crippen LogP contribution in [0.15, 0.2) is 36.4 Å². The van der Waals surface area contributed by atoms with Crippen molar-refractivity contribution in [1.29, 1.82) is 0 Å². The van der Waals surface area contributed by atoms with E-state index in [1.165, 1.54) is 0 Å². The summed E-state index contributed by atoms with van der Waals surface area (Å²) in [5.74, 6) is -0.715. The highest BCUT2D eigenvalue weighted by Crippen LogP contribution is 2.28. The maximum atomic E-state index is 11.3. The number of carboxylic acid groups (broad SMARTS) is 1. The van der Waals surface area contributed by atoms with E-state index in [9.17, 15) is 9.90 Å². The van der Waals surface area contributed by atoms with Gasteiger partial charge in [0.2, 0.25) is 0 Å². The van der Waals surface area contributed by atoms with Crippen molar-refractivity contribution in [3.8, 4) is 0 Å².